The number of rotatable bonds is 3. The molecule has 2 aromatic carbocycles. The normalized spacial score (nSPS) is 13.4. The number of anilines is 1. The van der Waals surface area contributed by atoms with E-state index in [0.717, 1.165) is 27.9 Å². The molecule has 2 heterocycles. The molecule has 29 heavy (non-hydrogen) atoms. The van der Waals surface area contributed by atoms with E-state index in [4.69, 9.17) is 16.6 Å². The Bertz CT molecular complexity index is 1150. The number of amides is 1. The second-order valence-corrected chi connectivity index (χ2v) is 7.54. The highest BCUT2D eigenvalue weighted by Gasteiger charge is 2.18. The molecule has 4 rings (SSSR count). The van der Waals surface area contributed by atoms with E-state index < -0.39 is 0 Å². The minimum Gasteiger partial charge on any atom is -0.390 e. The lowest BCUT2D eigenvalue weighted by molar-refractivity contribution is -0.115. The fourth-order valence-electron chi connectivity index (χ4n) is 3.42. The number of hydrogen-bond acceptors (Lipinski definition) is 4. The smallest absolute Gasteiger partial charge is 0.230 e. The zero-order valence-corrected chi connectivity index (χ0v) is 16.9. The minimum absolute atomic E-state index is 0.111. The molecule has 0 bridgehead atoms. The van der Waals surface area contributed by atoms with Gasteiger partial charge in [0.2, 0.25) is 5.91 Å². The molecule has 0 atom stereocenters. The number of aliphatic imine (C=N–C) groups is 1. The topological polar surface area (TPSA) is 74.6 Å². The summed E-state index contributed by atoms with van der Waals surface area (Å²) in [5.41, 5.74) is 7.18. The van der Waals surface area contributed by atoms with Crippen LogP contribution in [0, 0.1) is 13.8 Å². The molecule has 0 saturated heterocycles. The first-order valence-corrected chi connectivity index (χ1v) is 9.67. The lowest BCUT2D eigenvalue weighted by atomic mass is 9.99. The highest BCUT2D eigenvalue weighted by molar-refractivity contribution is 6.32. The summed E-state index contributed by atoms with van der Waals surface area (Å²) >= 11 is 6.20. The van der Waals surface area contributed by atoms with Gasteiger partial charge in [0.05, 0.1) is 35.8 Å². The number of aliphatic hydroxyl groups excluding tert-OH is 1. The number of aliphatic hydroxyl groups is 1. The molecule has 0 fully saturated rings. The van der Waals surface area contributed by atoms with Crippen molar-refractivity contribution in [3.05, 3.63) is 76.1 Å². The molecule has 0 radical (unpaired) electrons. The summed E-state index contributed by atoms with van der Waals surface area (Å²) in [6.07, 6.45) is 0.173. The van der Waals surface area contributed by atoms with Gasteiger partial charge in [-0.25, -0.2) is 0 Å². The Hall–Kier alpha value is -3.02. The highest BCUT2D eigenvalue weighted by Crippen LogP contribution is 2.34. The van der Waals surface area contributed by atoms with Gasteiger partial charge in [-0.2, -0.15) is 0 Å². The van der Waals surface area contributed by atoms with E-state index in [9.17, 15) is 9.90 Å². The summed E-state index contributed by atoms with van der Waals surface area (Å²) in [5.74, 6) is -0.129. The maximum absolute atomic E-state index is 12.4. The third-order valence-corrected chi connectivity index (χ3v) is 5.24. The lowest BCUT2D eigenvalue weighted by Crippen LogP contribution is -2.15. The number of pyridine rings is 1. The van der Waals surface area contributed by atoms with Crippen molar-refractivity contribution < 1.29 is 9.90 Å². The third kappa shape index (κ3) is 4.06. The summed E-state index contributed by atoms with van der Waals surface area (Å²) in [6.45, 7) is 3.70. The van der Waals surface area contributed by atoms with Crippen LogP contribution in [0.5, 0.6) is 0 Å². The van der Waals surface area contributed by atoms with Crippen molar-refractivity contribution >= 4 is 34.6 Å². The molecule has 2 N–H and O–H groups in total. The van der Waals surface area contributed by atoms with Gasteiger partial charge in [-0.15, -0.1) is 0 Å². The first-order valence-electron chi connectivity index (χ1n) is 9.30. The van der Waals surface area contributed by atoms with Gasteiger partial charge in [0, 0.05) is 10.7 Å². The second-order valence-electron chi connectivity index (χ2n) is 7.13. The summed E-state index contributed by atoms with van der Waals surface area (Å²) in [7, 11) is 0. The van der Waals surface area contributed by atoms with Crippen molar-refractivity contribution in [2.45, 2.75) is 26.9 Å². The number of carbonyl (C=O) groups is 1. The van der Waals surface area contributed by atoms with Gasteiger partial charge in [0.15, 0.2) is 0 Å². The summed E-state index contributed by atoms with van der Waals surface area (Å²) < 4.78 is 0. The molecule has 0 aliphatic carbocycles. The number of fused-ring (bicyclic) bond motifs is 1. The van der Waals surface area contributed by atoms with Crippen molar-refractivity contribution in [3.63, 3.8) is 0 Å². The third-order valence-electron chi connectivity index (χ3n) is 4.83. The number of carbonyl (C=O) groups excluding carboxylic acids is 1. The Balaban J connectivity index is 1.79. The van der Waals surface area contributed by atoms with Gasteiger partial charge < -0.3 is 10.4 Å². The zero-order valence-electron chi connectivity index (χ0n) is 16.2. The van der Waals surface area contributed by atoms with Crippen molar-refractivity contribution in [1.29, 1.82) is 0 Å². The van der Waals surface area contributed by atoms with Crippen LogP contribution in [0.15, 0.2) is 53.5 Å². The second kappa shape index (κ2) is 7.78. The van der Waals surface area contributed by atoms with Crippen LogP contribution < -0.4 is 5.32 Å². The van der Waals surface area contributed by atoms with E-state index in [0.29, 0.717) is 27.8 Å². The van der Waals surface area contributed by atoms with Gasteiger partial charge in [0.1, 0.15) is 0 Å². The molecule has 0 spiro atoms. The molecule has 6 heteroatoms. The average molecular weight is 406 g/mol. The molecule has 1 aliphatic heterocycles. The number of aromatic nitrogens is 1. The summed E-state index contributed by atoms with van der Waals surface area (Å²) in [5, 5.41) is 12.9. The van der Waals surface area contributed by atoms with Crippen LogP contribution in [0.4, 0.5) is 11.4 Å². The van der Waals surface area contributed by atoms with Crippen molar-refractivity contribution in [3.8, 4) is 11.1 Å². The van der Waals surface area contributed by atoms with E-state index in [1.807, 2.05) is 56.3 Å². The predicted octanol–water partition coefficient (Wildman–Crippen LogP) is 4.97. The Labute approximate surface area is 174 Å². The van der Waals surface area contributed by atoms with E-state index >= 15 is 0 Å². The zero-order chi connectivity index (χ0) is 20.5. The fourth-order valence-corrected chi connectivity index (χ4v) is 3.58. The average Bonchev–Trinajstić information content (AvgIpc) is 2.86. The molecule has 3 aromatic rings. The minimum atomic E-state index is -0.129. The maximum Gasteiger partial charge on any atom is 0.230 e. The van der Waals surface area contributed by atoms with Crippen molar-refractivity contribution in [2.24, 2.45) is 4.99 Å². The molecule has 1 aromatic heterocycles. The van der Waals surface area contributed by atoms with Gasteiger partial charge >= 0.3 is 0 Å². The van der Waals surface area contributed by atoms with Gasteiger partial charge in [0.25, 0.3) is 0 Å². The molecule has 5 nitrogen and oxygen atoms in total. The Kier molecular flexibility index (Phi) is 5.18. The molecule has 1 amide bonds. The van der Waals surface area contributed by atoms with Gasteiger partial charge in [-0.05, 0) is 66.4 Å². The lowest BCUT2D eigenvalue weighted by Gasteiger charge is -2.09. The van der Waals surface area contributed by atoms with E-state index in [-0.39, 0.29) is 18.9 Å². The monoisotopic (exact) mass is 405 g/mol. The summed E-state index contributed by atoms with van der Waals surface area (Å²) in [4.78, 5) is 21.5. The van der Waals surface area contributed by atoms with Crippen LogP contribution in [0.3, 0.4) is 0 Å². The molecule has 1 aliphatic rings. The van der Waals surface area contributed by atoms with Crippen LogP contribution in [0.2, 0.25) is 5.02 Å². The molecular weight excluding hydrogens is 386 g/mol. The van der Waals surface area contributed by atoms with E-state index in [1.54, 1.807) is 6.07 Å². The largest absolute Gasteiger partial charge is 0.390 e. The van der Waals surface area contributed by atoms with Gasteiger partial charge in [-0.1, -0.05) is 29.8 Å². The quantitative estimate of drug-likeness (QED) is 0.645. The van der Waals surface area contributed by atoms with E-state index in [1.165, 1.54) is 0 Å². The number of nitrogens with zero attached hydrogens (tertiary/aromatic N) is 2. The van der Waals surface area contributed by atoms with Crippen LogP contribution >= 0.6 is 11.6 Å². The standard InChI is InChI=1S/C23H20ClN3O2/c1-13-6-21-22(10-19(13)24)27-23(29)11-20(26-21)16-5-3-4-15(8-16)17-7-14(2)25-18(9-17)12-28/h3-10,28H,11-12H2,1-2H3,(H,27,29). The van der Waals surface area contributed by atoms with Crippen molar-refractivity contribution in [2.75, 3.05) is 5.32 Å². The first kappa shape index (κ1) is 19.3. The van der Waals surface area contributed by atoms with E-state index in [2.05, 4.69) is 10.3 Å². The van der Waals surface area contributed by atoms with Crippen molar-refractivity contribution in [1.82, 2.24) is 4.98 Å². The predicted molar refractivity (Wildman–Crippen MR) is 116 cm³/mol. The Morgan fingerprint density at radius 3 is 2.66 bits per heavy atom. The number of benzene rings is 2. The maximum atomic E-state index is 12.4. The van der Waals surface area contributed by atoms with Gasteiger partial charge in [-0.3, -0.25) is 14.8 Å². The fraction of sp³-hybridized carbons (Fsp3) is 0.174. The number of aryl methyl sites for hydroxylation is 2. The number of halogens is 1. The Morgan fingerprint density at radius 2 is 1.86 bits per heavy atom. The number of hydrogen-bond donors (Lipinski definition) is 2. The molecule has 0 saturated carbocycles. The van der Waals surface area contributed by atoms with Crippen LogP contribution in [0.1, 0.15) is 28.9 Å². The molecule has 0 unspecified atom stereocenters. The van der Waals surface area contributed by atoms with Crippen LogP contribution in [0.25, 0.3) is 11.1 Å². The molecule has 146 valence electrons. The first-order chi connectivity index (χ1) is 13.9. The number of nitrogens with one attached hydrogen (secondary N) is 1. The highest BCUT2D eigenvalue weighted by atomic mass is 35.5. The van der Waals surface area contributed by atoms with Crippen LogP contribution in [-0.4, -0.2) is 21.7 Å². The molecular formula is C23H20ClN3O2. The SMILES string of the molecule is Cc1cc(-c2cccc(C3=Nc4cc(C)c(Cl)cc4NC(=O)C3)c2)cc(CO)n1. The van der Waals surface area contributed by atoms with Crippen LogP contribution in [-0.2, 0) is 11.4 Å². The summed E-state index contributed by atoms with van der Waals surface area (Å²) in [6, 6.07) is 15.4. The Morgan fingerprint density at radius 1 is 1.07 bits per heavy atom.